The van der Waals surface area contributed by atoms with Gasteiger partial charge in [-0.15, -0.1) is 0 Å². The summed E-state index contributed by atoms with van der Waals surface area (Å²) in [4.78, 5) is 15.9. The fraction of sp³-hybridized carbons (Fsp3) is 0.227. The first-order valence-corrected chi connectivity index (χ1v) is 25.6. The first-order chi connectivity index (χ1) is 34.3. The van der Waals surface area contributed by atoms with Crippen LogP contribution in [0.25, 0.3) is 67.5 Å². The van der Waals surface area contributed by atoms with Crippen molar-refractivity contribution in [3.63, 3.8) is 0 Å². The van der Waals surface area contributed by atoms with Gasteiger partial charge in [0.15, 0.2) is 17.5 Å². The van der Waals surface area contributed by atoms with Gasteiger partial charge in [-0.05, 0) is 153 Å². The third-order valence-corrected chi connectivity index (χ3v) is 19.0. The standard InChI is InChI=1S/C66H51N3O/c1-63(2)52-13-5-3-11-48(52)50-29-25-44(33-57(50)63)62-68-60(67-61(69-62)42-23-27-45(28-24-42)64-35-39-31-46-34-47(37-64)65(46,36-39)38-64)41-21-19-40(20-22-41)43-26-30-54-51(32-43)49-12-4-6-14-53(49)66(54)55-15-7-9-17-58(55)70-59-18-10-8-16-56(59)66/h3-30,32-33,39,46-47H,31,34-38H2,1-2H3/t39-,46?,47?,64?,65?/m0/s1. The van der Waals surface area contributed by atoms with Crippen LogP contribution in [0.4, 0.5) is 0 Å². The molecular weight excluding hydrogens is 851 g/mol. The van der Waals surface area contributed by atoms with Gasteiger partial charge in [0.2, 0.25) is 0 Å². The largest absolute Gasteiger partial charge is 0.457 e. The highest BCUT2D eigenvalue weighted by Gasteiger charge is 2.71. The zero-order chi connectivity index (χ0) is 46.1. The molecule has 1 aliphatic heterocycles. The second kappa shape index (κ2) is 13.7. The Hall–Kier alpha value is -7.43. The van der Waals surface area contributed by atoms with E-state index >= 15 is 0 Å². The van der Waals surface area contributed by atoms with Crippen LogP contribution in [0.15, 0.2) is 182 Å². The second-order valence-electron chi connectivity index (χ2n) is 22.6. The molecular formula is C66H51N3O. The average Bonchev–Trinajstić information content (AvgIpc) is 3.97. The Morgan fingerprint density at radius 1 is 0.414 bits per heavy atom. The first-order valence-electron chi connectivity index (χ1n) is 25.6. The summed E-state index contributed by atoms with van der Waals surface area (Å²) >= 11 is 0. The molecule has 336 valence electrons. The zero-order valence-electron chi connectivity index (χ0n) is 39.5. The van der Waals surface area contributed by atoms with Gasteiger partial charge in [-0.3, -0.25) is 0 Å². The lowest BCUT2D eigenvalue weighted by Gasteiger charge is -2.49. The molecule has 4 nitrogen and oxygen atoms in total. The van der Waals surface area contributed by atoms with E-state index in [1.807, 2.05) is 0 Å². The van der Waals surface area contributed by atoms with Crippen LogP contribution in [0.3, 0.4) is 0 Å². The van der Waals surface area contributed by atoms with Crippen molar-refractivity contribution >= 4 is 0 Å². The number of para-hydroxylation sites is 2. The maximum atomic E-state index is 6.57. The van der Waals surface area contributed by atoms with Gasteiger partial charge in [0.25, 0.3) is 0 Å². The Bertz CT molecular complexity index is 3670. The number of benzene rings is 8. The van der Waals surface area contributed by atoms with E-state index in [1.54, 1.807) is 0 Å². The maximum Gasteiger partial charge on any atom is 0.164 e. The first kappa shape index (κ1) is 39.4. The SMILES string of the molecule is CC1(C)c2ccccc2-c2ccc(-c3nc(-c4ccc(-c5ccc6c(c5)-c5ccccc5C65c6ccccc6Oc6ccccc65)cc4)nc(-c4ccc(C56CC7CC8C[C@@H](C5)CC87C6)cc4)n3)cc21. The van der Waals surface area contributed by atoms with Crippen LogP contribution in [0.2, 0.25) is 0 Å². The van der Waals surface area contributed by atoms with Crippen LogP contribution in [-0.2, 0) is 16.2 Å². The molecule has 2 spiro atoms. The normalized spacial score (nSPS) is 24.4. The molecule has 4 fully saturated rings. The summed E-state index contributed by atoms with van der Waals surface area (Å²) in [7, 11) is 0. The summed E-state index contributed by atoms with van der Waals surface area (Å²) in [5, 5.41) is 0. The van der Waals surface area contributed by atoms with Crippen LogP contribution < -0.4 is 4.74 Å². The minimum Gasteiger partial charge on any atom is -0.457 e. The van der Waals surface area contributed by atoms with E-state index in [-0.39, 0.29) is 5.41 Å². The molecule has 2 heterocycles. The van der Waals surface area contributed by atoms with Gasteiger partial charge in [-0.2, -0.15) is 0 Å². The quantitative estimate of drug-likeness (QED) is 0.173. The van der Waals surface area contributed by atoms with Crippen molar-refractivity contribution in [3.05, 3.63) is 221 Å². The van der Waals surface area contributed by atoms with E-state index in [1.165, 1.54) is 105 Å². The Balaban J connectivity index is 0.791. The summed E-state index contributed by atoms with van der Waals surface area (Å²) in [5.41, 5.74) is 19.9. The fourth-order valence-corrected chi connectivity index (χ4v) is 16.1. The van der Waals surface area contributed by atoms with Crippen LogP contribution in [-0.4, -0.2) is 15.0 Å². The predicted molar refractivity (Wildman–Crippen MR) is 279 cm³/mol. The zero-order valence-corrected chi connectivity index (χ0v) is 39.5. The third kappa shape index (κ3) is 5.09. The summed E-state index contributed by atoms with van der Waals surface area (Å²) < 4.78 is 6.57. The van der Waals surface area contributed by atoms with E-state index in [2.05, 4.69) is 196 Å². The van der Waals surface area contributed by atoms with Gasteiger partial charge >= 0.3 is 0 Å². The van der Waals surface area contributed by atoms with E-state index < -0.39 is 5.41 Å². The van der Waals surface area contributed by atoms with E-state index in [4.69, 9.17) is 19.7 Å². The Morgan fingerprint density at radius 2 is 0.957 bits per heavy atom. The molecule has 70 heavy (non-hydrogen) atoms. The molecule has 5 atom stereocenters. The van der Waals surface area contributed by atoms with Gasteiger partial charge in [0, 0.05) is 33.2 Å². The highest BCUT2D eigenvalue weighted by atomic mass is 16.5. The minimum absolute atomic E-state index is 0.135. The lowest BCUT2D eigenvalue weighted by molar-refractivity contribution is -0.000160. The predicted octanol–water partition coefficient (Wildman–Crippen LogP) is 15.8. The third-order valence-electron chi connectivity index (χ3n) is 19.0. The fourth-order valence-electron chi connectivity index (χ4n) is 16.1. The Morgan fingerprint density at radius 3 is 1.67 bits per heavy atom. The minimum atomic E-state index is -0.485. The molecule has 0 N–H and O–H groups in total. The van der Waals surface area contributed by atoms with Gasteiger partial charge in [0.05, 0.1) is 5.41 Å². The summed E-state index contributed by atoms with van der Waals surface area (Å²) in [6.45, 7) is 4.67. The molecule has 6 aliphatic carbocycles. The molecule has 1 aromatic heterocycles. The van der Waals surface area contributed by atoms with E-state index in [0.717, 1.165) is 51.5 Å². The molecule has 0 amide bonds. The monoisotopic (exact) mass is 901 g/mol. The molecule has 3 bridgehead atoms. The Labute approximate surface area is 409 Å². The topological polar surface area (TPSA) is 47.9 Å². The summed E-state index contributed by atoms with van der Waals surface area (Å²) in [6.07, 6.45) is 8.60. The highest BCUT2D eigenvalue weighted by molar-refractivity contribution is 5.91. The number of nitrogens with zero attached hydrogens (tertiary/aromatic N) is 3. The average molecular weight is 902 g/mol. The Kier molecular flexibility index (Phi) is 7.70. The summed E-state index contributed by atoms with van der Waals surface area (Å²) in [6, 6.07) is 67.0. The number of fused-ring (bicyclic) bond motifs is 14. The van der Waals surface area contributed by atoms with E-state index in [0.29, 0.717) is 28.3 Å². The van der Waals surface area contributed by atoms with Crippen molar-refractivity contribution in [1.82, 2.24) is 15.0 Å². The molecule has 9 aromatic rings. The number of hydrogen-bond donors (Lipinski definition) is 0. The van der Waals surface area contributed by atoms with Crippen molar-refractivity contribution in [2.24, 2.45) is 23.2 Å². The number of ether oxygens (including phenoxy) is 1. The van der Waals surface area contributed by atoms with Crippen molar-refractivity contribution in [2.75, 3.05) is 0 Å². The van der Waals surface area contributed by atoms with Crippen molar-refractivity contribution in [2.45, 2.75) is 68.6 Å². The number of aromatic nitrogens is 3. The van der Waals surface area contributed by atoms with Gasteiger partial charge in [-0.25, -0.2) is 15.0 Å². The van der Waals surface area contributed by atoms with Crippen molar-refractivity contribution < 1.29 is 4.74 Å². The smallest absolute Gasteiger partial charge is 0.164 e. The molecule has 16 rings (SSSR count). The van der Waals surface area contributed by atoms with Crippen LogP contribution in [0.5, 0.6) is 11.5 Å². The summed E-state index contributed by atoms with van der Waals surface area (Å²) in [5.74, 6) is 6.76. The highest BCUT2D eigenvalue weighted by Crippen LogP contribution is 2.79. The number of rotatable bonds is 5. The van der Waals surface area contributed by atoms with Crippen LogP contribution in [0.1, 0.15) is 91.3 Å². The van der Waals surface area contributed by atoms with E-state index in [9.17, 15) is 0 Å². The van der Waals surface area contributed by atoms with Gasteiger partial charge < -0.3 is 4.74 Å². The maximum absolute atomic E-state index is 6.57. The molecule has 0 saturated heterocycles. The van der Waals surface area contributed by atoms with Gasteiger partial charge in [-0.1, -0.05) is 172 Å². The lowest BCUT2D eigenvalue weighted by Crippen LogP contribution is -2.42. The molecule has 4 saturated carbocycles. The van der Waals surface area contributed by atoms with Crippen LogP contribution >= 0.6 is 0 Å². The molecule has 4 unspecified atom stereocenters. The molecule has 8 aromatic carbocycles. The van der Waals surface area contributed by atoms with Gasteiger partial charge in [0.1, 0.15) is 11.5 Å². The van der Waals surface area contributed by atoms with Crippen molar-refractivity contribution in [1.29, 1.82) is 0 Å². The van der Waals surface area contributed by atoms with Crippen molar-refractivity contribution in [3.8, 4) is 79.0 Å². The second-order valence-corrected chi connectivity index (χ2v) is 22.6. The number of hydrogen-bond acceptors (Lipinski definition) is 4. The molecule has 4 heteroatoms. The molecule has 7 aliphatic rings. The lowest BCUT2D eigenvalue weighted by atomic mass is 9.55. The van der Waals surface area contributed by atoms with Crippen LogP contribution in [0, 0.1) is 23.2 Å². The molecule has 0 radical (unpaired) electrons.